The Kier molecular flexibility index (Phi) is 2.26. The molecule has 18 heavy (non-hydrogen) atoms. The molecule has 0 bridgehead atoms. The van der Waals surface area contributed by atoms with Crippen LogP contribution in [0.25, 0.3) is 10.9 Å². The highest BCUT2D eigenvalue weighted by Crippen LogP contribution is 2.37. The van der Waals surface area contributed by atoms with Gasteiger partial charge in [0.2, 0.25) is 0 Å². The average Bonchev–Trinajstić information content (AvgIpc) is 2.71. The first-order chi connectivity index (χ1) is 8.56. The summed E-state index contributed by atoms with van der Waals surface area (Å²) < 4.78 is 5.80. The number of nitrogens with zero attached hydrogens (tertiary/aromatic N) is 1. The molecule has 92 valence electrons. The van der Waals surface area contributed by atoms with E-state index in [2.05, 4.69) is 4.98 Å². The van der Waals surface area contributed by atoms with Crippen molar-refractivity contribution in [3.05, 3.63) is 35.0 Å². The minimum absolute atomic E-state index is 0.125. The summed E-state index contributed by atoms with van der Waals surface area (Å²) in [6.45, 7) is 3.97. The van der Waals surface area contributed by atoms with Crippen LogP contribution in [0.5, 0.6) is 5.75 Å². The lowest BCUT2D eigenvalue weighted by molar-refractivity contribution is 0.0697. The van der Waals surface area contributed by atoms with Crippen LogP contribution >= 0.6 is 0 Å². The van der Waals surface area contributed by atoms with Gasteiger partial charge in [-0.3, -0.25) is 4.98 Å². The van der Waals surface area contributed by atoms with E-state index in [1.54, 1.807) is 18.2 Å². The van der Waals surface area contributed by atoms with E-state index in [4.69, 9.17) is 9.84 Å². The number of aromatic carboxylic acids is 1. The maximum atomic E-state index is 11.0. The van der Waals surface area contributed by atoms with Crippen molar-refractivity contribution in [3.8, 4) is 5.75 Å². The van der Waals surface area contributed by atoms with Gasteiger partial charge in [-0.15, -0.1) is 0 Å². The van der Waals surface area contributed by atoms with Crippen molar-refractivity contribution in [2.75, 3.05) is 0 Å². The first-order valence-electron chi connectivity index (χ1n) is 5.89. The molecule has 0 radical (unpaired) electrons. The Hall–Kier alpha value is -2.10. The molecule has 2 heterocycles. The van der Waals surface area contributed by atoms with Crippen LogP contribution in [0.2, 0.25) is 0 Å². The van der Waals surface area contributed by atoms with Crippen LogP contribution in [-0.2, 0) is 6.42 Å². The van der Waals surface area contributed by atoms with Crippen molar-refractivity contribution in [1.29, 1.82) is 0 Å². The van der Waals surface area contributed by atoms with Gasteiger partial charge in [0.25, 0.3) is 0 Å². The predicted octanol–water partition coefficient (Wildman–Crippen LogP) is 2.56. The number of carboxylic acid groups (broad SMARTS) is 1. The molecule has 1 aliphatic heterocycles. The molecule has 2 aromatic rings. The maximum Gasteiger partial charge on any atom is 0.335 e. The molecule has 1 atom stereocenters. The van der Waals surface area contributed by atoms with Gasteiger partial charge < -0.3 is 9.84 Å². The molecule has 0 amide bonds. The fraction of sp³-hybridized carbons (Fsp3) is 0.286. The van der Waals surface area contributed by atoms with E-state index >= 15 is 0 Å². The van der Waals surface area contributed by atoms with E-state index < -0.39 is 5.97 Å². The van der Waals surface area contributed by atoms with Gasteiger partial charge in [0.05, 0.1) is 11.1 Å². The van der Waals surface area contributed by atoms with Crippen LogP contribution < -0.4 is 4.74 Å². The number of pyridine rings is 1. The first-order valence-corrected chi connectivity index (χ1v) is 5.89. The number of ether oxygens (including phenoxy) is 1. The molecule has 0 saturated carbocycles. The van der Waals surface area contributed by atoms with Crippen LogP contribution in [0.1, 0.15) is 28.5 Å². The number of carbonyl (C=O) groups is 1. The lowest BCUT2D eigenvalue weighted by Crippen LogP contribution is -2.05. The van der Waals surface area contributed by atoms with Crippen molar-refractivity contribution in [1.82, 2.24) is 4.98 Å². The summed E-state index contributed by atoms with van der Waals surface area (Å²) in [6.07, 6.45) is 0.959. The summed E-state index contributed by atoms with van der Waals surface area (Å²) in [5, 5.41) is 9.83. The number of rotatable bonds is 1. The van der Waals surface area contributed by atoms with Crippen LogP contribution in [0.15, 0.2) is 18.2 Å². The molecule has 1 aromatic heterocycles. The number of fused-ring (bicyclic) bond motifs is 3. The van der Waals surface area contributed by atoms with Gasteiger partial charge in [-0.2, -0.15) is 0 Å². The van der Waals surface area contributed by atoms with E-state index in [0.29, 0.717) is 0 Å². The minimum atomic E-state index is -0.933. The largest absolute Gasteiger partial charge is 0.489 e. The van der Waals surface area contributed by atoms with Crippen molar-refractivity contribution < 1.29 is 14.6 Å². The zero-order valence-electron chi connectivity index (χ0n) is 10.2. The Morgan fingerprint density at radius 2 is 2.28 bits per heavy atom. The van der Waals surface area contributed by atoms with Gasteiger partial charge >= 0.3 is 5.97 Å². The van der Waals surface area contributed by atoms with E-state index in [9.17, 15) is 4.79 Å². The molecule has 4 heteroatoms. The normalized spacial score (nSPS) is 17.6. The SMILES string of the molecule is Cc1nc2ccc(C(=O)O)cc2c2c1CC(C)O2. The molecule has 0 aliphatic carbocycles. The molecule has 1 aromatic carbocycles. The van der Waals surface area contributed by atoms with E-state index in [-0.39, 0.29) is 11.7 Å². The minimum Gasteiger partial charge on any atom is -0.489 e. The molecule has 1 N–H and O–H groups in total. The third kappa shape index (κ3) is 1.53. The summed E-state index contributed by atoms with van der Waals surface area (Å²) in [6, 6.07) is 4.95. The highest BCUT2D eigenvalue weighted by Gasteiger charge is 2.24. The maximum absolute atomic E-state index is 11.0. The Bertz CT molecular complexity index is 664. The van der Waals surface area contributed by atoms with E-state index in [1.165, 1.54) is 0 Å². The zero-order chi connectivity index (χ0) is 12.9. The number of benzene rings is 1. The quantitative estimate of drug-likeness (QED) is 0.836. The number of hydrogen-bond donors (Lipinski definition) is 1. The summed E-state index contributed by atoms with van der Waals surface area (Å²) in [7, 11) is 0. The third-order valence-electron chi connectivity index (χ3n) is 3.30. The smallest absolute Gasteiger partial charge is 0.335 e. The second-order valence-electron chi connectivity index (χ2n) is 4.67. The standard InChI is InChI=1S/C14H13NO3/c1-7-5-10-8(2)15-12-4-3-9(14(16)17)6-11(12)13(10)18-7/h3-4,6-7H,5H2,1-2H3,(H,16,17). The Labute approximate surface area is 104 Å². The van der Waals surface area contributed by atoms with Gasteiger partial charge in [0.1, 0.15) is 11.9 Å². The van der Waals surface area contributed by atoms with Gasteiger partial charge in [0.15, 0.2) is 0 Å². The fourth-order valence-electron chi connectivity index (χ4n) is 2.43. The Morgan fingerprint density at radius 1 is 1.50 bits per heavy atom. The monoisotopic (exact) mass is 243 g/mol. The molecular weight excluding hydrogens is 230 g/mol. The van der Waals surface area contributed by atoms with E-state index in [0.717, 1.165) is 34.3 Å². The number of aryl methyl sites for hydroxylation is 1. The molecular formula is C14H13NO3. The van der Waals surface area contributed by atoms with Crippen LogP contribution in [0.4, 0.5) is 0 Å². The summed E-state index contributed by atoms with van der Waals surface area (Å²) >= 11 is 0. The highest BCUT2D eigenvalue weighted by molar-refractivity contribution is 5.96. The molecule has 0 fully saturated rings. The van der Waals surface area contributed by atoms with Crippen LogP contribution in [-0.4, -0.2) is 22.2 Å². The molecule has 1 unspecified atom stereocenters. The Morgan fingerprint density at radius 3 is 3.00 bits per heavy atom. The molecule has 1 aliphatic rings. The molecule has 3 rings (SSSR count). The van der Waals surface area contributed by atoms with Crippen LogP contribution in [0.3, 0.4) is 0 Å². The third-order valence-corrected chi connectivity index (χ3v) is 3.30. The van der Waals surface area contributed by atoms with Crippen molar-refractivity contribution >= 4 is 16.9 Å². The molecule has 4 nitrogen and oxygen atoms in total. The van der Waals surface area contributed by atoms with Gasteiger partial charge in [-0.05, 0) is 32.0 Å². The zero-order valence-corrected chi connectivity index (χ0v) is 10.2. The van der Waals surface area contributed by atoms with Gasteiger partial charge in [0, 0.05) is 23.1 Å². The molecule has 0 spiro atoms. The lowest BCUT2D eigenvalue weighted by atomic mass is 10.0. The van der Waals surface area contributed by atoms with Crippen LogP contribution in [0, 0.1) is 6.92 Å². The summed E-state index contributed by atoms with van der Waals surface area (Å²) in [5.41, 5.74) is 3.10. The fourth-order valence-corrected chi connectivity index (χ4v) is 2.43. The van der Waals surface area contributed by atoms with Gasteiger partial charge in [-0.25, -0.2) is 4.79 Å². The topological polar surface area (TPSA) is 59.4 Å². The second-order valence-corrected chi connectivity index (χ2v) is 4.67. The van der Waals surface area contributed by atoms with Gasteiger partial charge in [-0.1, -0.05) is 0 Å². The van der Waals surface area contributed by atoms with Crippen molar-refractivity contribution in [2.24, 2.45) is 0 Å². The number of carboxylic acids is 1. The number of aromatic nitrogens is 1. The Balaban J connectivity index is 2.32. The predicted molar refractivity (Wildman–Crippen MR) is 67.2 cm³/mol. The summed E-state index contributed by atoms with van der Waals surface area (Å²) in [5.74, 6) is -0.134. The molecule has 0 saturated heterocycles. The van der Waals surface area contributed by atoms with Crippen molar-refractivity contribution in [3.63, 3.8) is 0 Å². The average molecular weight is 243 g/mol. The number of hydrogen-bond acceptors (Lipinski definition) is 3. The summed E-state index contributed by atoms with van der Waals surface area (Å²) in [4.78, 5) is 15.5. The van der Waals surface area contributed by atoms with Crippen molar-refractivity contribution in [2.45, 2.75) is 26.4 Å². The van der Waals surface area contributed by atoms with E-state index in [1.807, 2.05) is 13.8 Å². The first kappa shape index (κ1) is 11.0. The lowest BCUT2D eigenvalue weighted by Gasteiger charge is -2.08. The highest BCUT2D eigenvalue weighted by atomic mass is 16.5. The second kappa shape index (κ2) is 3.70.